The number of nitrogens with one attached hydrogen (secondary N) is 2. The molecule has 37 heavy (non-hydrogen) atoms. The van der Waals surface area contributed by atoms with Crippen molar-refractivity contribution in [2.45, 2.75) is 0 Å². The number of hydrogen-bond acceptors (Lipinski definition) is 3. The van der Waals surface area contributed by atoms with Gasteiger partial charge in [0.05, 0.1) is 0 Å². The average Bonchev–Trinajstić information content (AvgIpc) is 2.89. The maximum Gasteiger partial charge on any atom is 0.248 e. The van der Waals surface area contributed by atoms with Crippen LogP contribution in [0.1, 0.15) is 11.1 Å². The van der Waals surface area contributed by atoms with Crippen molar-refractivity contribution >= 4 is 58.5 Å². The normalized spacial score (nSPS) is 11.0. The monoisotopic (exact) mass is 528 g/mol. The van der Waals surface area contributed by atoms with Gasteiger partial charge in [-0.2, -0.15) is 0 Å². The van der Waals surface area contributed by atoms with Gasteiger partial charge in [-0.3, -0.25) is 9.59 Å². The summed E-state index contributed by atoms with van der Waals surface area (Å²) in [4.78, 5) is 24.4. The van der Waals surface area contributed by atoms with Crippen LogP contribution < -0.4 is 15.4 Å². The summed E-state index contributed by atoms with van der Waals surface area (Å²) in [6.07, 6.45) is 6.29. The fourth-order valence-corrected chi connectivity index (χ4v) is 3.68. The molecule has 4 aromatic rings. The average molecular weight is 529 g/mol. The fraction of sp³-hybridized carbons (Fsp3) is 0. The van der Waals surface area contributed by atoms with Gasteiger partial charge in [0.2, 0.25) is 11.8 Å². The van der Waals surface area contributed by atoms with Crippen molar-refractivity contribution in [3.8, 4) is 11.5 Å². The Hall–Kier alpha value is -4.32. The molecule has 5 nitrogen and oxygen atoms in total. The number of amides is 2. The predicted molar refractivity (Wildman–Crippen MR) is 151 cm³/mol. The van der Waals surface area contributed by atoms with Gasteiger partial charge in [-0.15, -0.1) is 0 Å². The second kappa shape index (κ2) is 12.6. The summed E-state index contributed by atoms with van der Waals surface area (Å²) in [5.41, 5.74) is 2.95. The first-order valence-corrected chi connectivity index (χ1v) is 12.1. The third kappa shape index (κ3) is 8.39. The molecule has 0 fully saturated rings. The van der Waals surface area contributed by atoms with Crippen molar-refractivity contribution in [1.82, 2.24) is 0 Å². The molecule has 4 rings (SSSR count). The minimum Gasteiger partial charge on any atom is -0.457 e. The number of hydrogen-bond donors (Lipinski definition) is 2. The Kier molecular flexibility index (Phi) is 8.76. The Morgan fingerprint density at radius 1 is 0.595 bits per heavy atom. The highest BCUT2D eigenvalue weighted by Crippen LogP contribution is 2.24. The maximum atomic E-state index is 12.2. The van der Waals surface area contributed by atoms with Crippen LogP contribution in [0, 0.1) is 0 Å². The van der Waals surface area contributed by atoms with Crippen molar-refractivity contribution in [3.05, 3.63) is 130 Å². The zero-order valence-electron chi connectivity index (χ0n) is 19.5. The number of carbonyl (C=O) groups excluding carboxylic acids is 2. The van der Waals surface area contributed by atoms with Crippen molar-refractivity contribution < 1.29 is 14.3 Å². The van der Waals surface area contributed by atoms with E-state index in [1.807, 2.05) is 24.3 Å². The second-order valence-corrected chi connectivity index (χ2v) is 8.78. The molecule has 0 saturated carbocycles. The Morgan fingerprint density at radius 3 is 1.38 bits per heavy atom. The molecule has 0 radical (unpaired) electrons. The number of carbonyl (C=O) groups is 2. The number of halogens is 2. The van der Waals surface area contributed by atoms with Crippen molar-refractivity contribution in [1.29, 1.82) is 0 Å². The molecule has 0 aliphatic rings. The zero-order valence-corrected chi connectivity index (χ0v) is 21.0. The SMILES string of the molecule is O=C(C=Cc1cccc(Cl)c1)Nc1ccc(Oc2ccc(NC(=O)C=Cc3cccc(Cl)c3)cc2)cc1. The van der Waals surface area contributed by atoms with E-state index in [2.05, 4.69) is 10.6 Å². The van der Waals surface area contributed by atoms with Gasteiger partial charge in [0.15, 0.2) is 0 Å². The molecule has 0 aliphatic heterocycles. The van der Waals surface area contributed by atoms with E-state index in [1.54, 1.807) is 84.9 Å². The molecule has 0 unspecified atom stereocenters. The van der Waals surface area contributed by atoms with Gasteiger partial charge in [-0.1, -0.05) is 47.5 Å². The summed E-state index contributed by atoms with van der Waals surface area (Å²) in [7, 11) is 0. The van der Waals surface area contributed by atoms with E-state index in [0.29, 0.717) is 32.9 Å². The van der Waals surface area contributed by atoms with Crippen LogP contribution in [-0.2, 0) is 9.59 Å². The van der Waals surface area contributed by atoms with Gasteiger partial charge in [-0.25, -0.2) is 0 Å². The highest BCUT2D eigenvalue weighted by Gasteiger charge is 2.03. The molecule has 0 atom stereocenters. The lowest BCUT2D eigenvalue weighted by molar-refractivity contribution is -0.112. The van der Waals surface area contributed by atoms with Crippen LogP contribution >= 0.6 is 23.2 Å². The van der Waals surface area contributed by atoms with E-state index in [-0.39, 0.29) is 11.8 Å². The molecule has 0 bridgehead atoms. The van der Waals surface area contributed by atoms with E-state index in [1.165, 1.54) is 12.2 Å². The van der Waals surface area contributed by atoms with E-state index < -0.39 is 0 Å². The van der Waals surface area contributed by atoms with Gasteiger partial charge in [-0.05, 0) is 96.1 Å². The predicted octanol–water partition coefficient (Wildman–Crippen LogP) is 8.09. The topological polar surface area (TPSA) is 67.4 Å². The number of ether oxygens (including phenoxy) is 1. The van der Waals surface area contributed by atoms with E-state index >= 15 is 0 Å². The standard InChI is InChI=1S/C30H22Cl2N2O3/c31-23-5-1-3-21(19-23)7-17-29(35)33-25-9-13-27(14-10-25)37-28-15-11-26(12-16-28)34-30(36)18-8-22-4-2-6-24(32)20-22/h1-20H,(H,33,35)(H,34,36). The lowest BCUT2D eigenvalue weighted by Crippen LogP contribution is -2.07. The van der Waals surface area contributed by atoms with Gasteiger partial charge in [0, 0.05) is 33.6 Å². The Morgan fingerprint density at radius 2 is 1.00 bits per heavy atom. The molecule has 0 spiro atoms. The van der Waals surface area contributed by atoms with Crippen LogP contribution in [0.4, 0.5) is 11.4 Å². The summed E-state index contributed by atoms with van der Waals surface area (Å²) in [5, 5.41) is 6.82. The van der Waals surface area contributed by atoms with Crippen LogP contribution in [-0.4, -0.2) is 11.8 Å². The first kappa shape index (κ1) is 25.8. The van der Waals surface area contributed by atoms with Crippen LogP contribution in [0.25, 0.3) is 12.2 Å². The molecule has 0 saturated heterocycles. The molecule has 2 N–H and O–H groups in total. The molecular weight excluding hydrogens is 507 g/mol. The van der Waals surface area contributed by atoms with E-state index in [0.717, 1.165) is 11.1 Å². The first-order chi connectivity index (χ1) is 17.9. The molecule has 0 heterocycles. The number of anilines is 2. The maximum absolute atomic E-state index is 12.2. The summed E-state index contributed by atoms with van der Waals surface area (Å²) in [6, 6.07) is 28.5. The molecule has 0 aromatic heterocycles. The van der Waals surface area contributed by atoms with Gasteiger partial charge < -0.3 is 15.4 Å². The first-order valence-electron chi connectivity index (χ1n) is 11.3. The molecule has 4 aromatic carbocycles. The second-order valence-electron chi connectivity index (χ2n) is 7.91. The van der Waals surface area contributed by atoms with Crippen LogP contribution in [0.15, 0.2) is 109 Å². The Labute approximate surface area is 225 Å². The third-order valence-corrected chi connectivity index (χ3v) is 5.50. The van der Waals surface area contributed by atoms with Crippen molar-refractivity contribution in [2.75, 3.05) is 10.6 Å². The fourth-order valence-electron chi connectivity index (χ4n) is 3.28. The summed E-state index contributed by atoms with van der Waals surface area (Å²) in [5.74, 6) is 0.699. The summed E-state index contributed by atoms with van der Waals surface area (Å²) >= 11 is 11.9. The third-order valence-electron chi connectivity index (χ3n) is 5.03. The molecule has 2 amide bonds. The van der Waals surface area contributed by atoms with Crippen LogP contribution in [0.2, 0.25) is 10.0 Å². The van der Waals surface area contributed by atoms with Crippen molar-refractivity contribution in [2.24, 2.45) is 0 Å². The zero-order chi connectivity index (χ0) is 26.0. The lowest BCUT2D eigenvalue weighted by atomic mass is 10.2. The molecular formula is C30H22Cl2N2O3. The van der Waals surface area contributed by atoms with Gasteiger partial charge >= 0.3 is 0 Å². The van der Waals surface area contributed by atoms with Crippen molar-refractivity contribution in [3.63, 3.8) is 0 Å². The van der Waals surface area contributed by atoms with Crippen LogP contribution in [0.5, 0.6) is 11.5 Å². The Balaban J connectivity index is 1.27. The number of rotatable bonds is 8. The van der Waals surface area contributed by atoms with Gasteiger partial charge in [0.1, 0.15) is 11.5 Å². The van der Waals surface area contributed by atoms with E-state index in [4.69, 9.17) is 27.9 Å². The highest BCUT2D eigenvalue weighted by atomic mass is 35.5. The van der Waals surface area contributed by atoms with Crippen LogP contribution in [0.3, 0.4) is 0 Å². The lowest BCUT2D eigenvalue weighted by Gasteiger charge is -2.08. The molecule has 0 aliphatic carbocycles. The summed E-state index contributed by atoms with van der Waals surface area (Å²) in [6.45, 7) is 0. The minimum atomic E-state index is -0.256. The quantitative estimate of drug-likeness (QED) is 0.227. The van der Waals surface area contributed by atoms with E-state index in [9.17, 15) is 9.59 Å². The summed E-state index contributed by atoms with van der Waals surface area (Å²) < 4.78 is 5.85. The highest BCUT2D eigenvalue weighted by molar-refractivity contribution is 6.31. The molecule has 7 heteroatoms. The Bertz CT molecular complexity index is 1340. The number of benzene rings is 4. The minimum absolute atomic E-state index is 0.256. The molecule has 184 valence electrons. The van der Waals surface area contributed by atoms with Gasteiger partial charge in [0.25, 0.3) is 0 Å². The largest absolute Gasteiger partial charge is 0.457 e. The smallest absolute Gasteiger partial charge is 0.248 e.